The van der Waals surface area contributed by atoms with Gasteiger partial charge in [-0.15, -0.1) is 0 Å². The topological polar surface area (TPSA) is 87.9 Å². The van der Waals surface area contributed by atoms with E-state index in [1.165, 1.54) is 5.56 Å². The number of rotatable bonds is 8. The Balaban J connectivity index is 1.72. The van der Waals surface area contributed by atoms with Crippen molar-refractivity contribution in [3.8, 4) is 5.75 Å². The molecule has 0 saturated carbocycles. The number of aliphatic imine (C=N–C) groups is 1. The van der Waals surface area contributed by atoms with Gasteiger partial charge in [-0.1, -0.05) is 17.7 Å². The molecule has 1 aromatic heterocycles. The van der Waals surface area contributed by atoms with E-state index in [-0.39, 0.29) is 12.5 Å². The van der Waals surface area contributed by atoms with E-state index in [9.17, 15) is 4.79 Å². The zero-order valence-electron chi connectivity index (χ0n) is 15.5. The van der Waals surface area contributed by atoms with Gasteiger partial charge in [0.2, 0.25) is 5.91 Å². The second kappa shape index (κ2) is 10.1. The molecule has 3 N–H and O–H groups in total. The lowest BCUT2D eigenvalue weighted by Crippen LogP contribution is -2.43. The van der Waals surface area contributed by atoms with Gasteiger partial charge >= 0.3 is 0 Å². The van der Waals surface area contributed by atoms with E-state index in [2.05, 4.69) is 33.9 Å². The molecule has 1 heterocycles. The fourth-order valence-electron chi connectivity index (χ4n) is 2.46. The van der Waals surface area contributed by atoms with Crippen molar-refractivity contribution in [3.63, 3.8) is 0 Å². The Kier molecular flexibility index (Phi) is 7.54. The molecule has 0 aliphatic carbocycles. The van der Waals surface area contributed by atoms with Crippen LogP contribution in [0.2, 0.25) is 0 Å². The number of nitrogens with zero attached hydrogens (tertiary/aromatic N) is 1. The summed E-state index contributed by atoms with van der Waals surface area (Å²) in [5.41, 5.74) is 2.32. The largest absolute Gasteiger partial charge is 0.496 e. The number of carbonyl (C=O) groups excluding carboxylic acids is 1. The summed E-state index contributed by atoms with van der Waals surface area (Å²) in [6, 6.07) is 9.71. The van der Waals surface area contributed by atoms with Gasteiger partial charge in [0.15, 0.2) is 5.96 Å². The van der Waals surface area contributed by atoms with Gasteiger partial charge in [0.1, 0.15) is 11.5 Å². The van der Waals surface area contributed by atoms with E-state index in [4.69, 9.17) is 9.15 Å². The zero-order valence-corrected chi connectivity index (χ0v) is 15.5. The van der Waals surface area contributed by atoms with Crippen molar-refractivity contribution in [3.05, 3.63) is 53.5 Å². The number of ether oxygens (including phenoxy) is 1. The van der Waals surface area contributed by atoms with Crippen molar-refractivity contribution < 1.29 is 13.9 Å². The Morgan fingerprint density at radius 1 is 1.23 bits per heavy atom. The van der Waals surface area contributed by atoms with Gasteiger partial charge in [-0.2, -0.15) is 0 Å². The van der Waals surface area contributed by atoms with Gasteiger partial charge < -0.3 is 25.1 Å². The summed E-state index contributed by atoms with van der Waals surface area (Å²) in [5.74, 6) is 2.03. The van der Waals surface area contributed by atoms with Crippen LogP contribution in [0, 0.1) is 6.92 Å². The first-order chi connectivity index (χ1) is 12.6. The molecule has 2 rings (SSSR count). The summed E-state index contributed by atoms with van der Waals surface area (Å²) in [6.45, 7) is 3.23. The molecule has 0 saturated heterocycles. The maximum Gasteiger partial charge on any atom is 0.239 e. The van der Waals surface area contributed by atoms with E-state index in [0.29, 0.717) is 24.8 Å². The highest BCUT2D eigenvalue weighted by atomic mass is 16.5. The lowest BCUT2D eigenvalue weighted by molar-refractivity contribution is -0.120. The smallest absolute Gasteiger partial charge is 0.239 e. The molecule has 0 aliphatic rings. The summed E-state index contributed by atoms with van der Waals surface area (Å²) >= 11 is 0. The highest BCUT2D eigenvalue weighted by Crippen LogP contribution is 2.19. The molecule has 0 aliphatic heterocycles. The number of furan rings is 1. The third kappa shape index (κ3) is 6.16. The maximum absolute atomic E-state index is 11.9. The standard InChI is InChI=1S/C19H26N4O3/c1-14-6-7-17(25-3)15(11-14)8-9-21-19(20-2)23-13-18(24)22-12-16-5-4-10-26-16/h4-7,10-11H,8-9,12-13H2,1-3H3,(H,22,24)(H2,20,21,23). The van der Waals surface area contributed by atoms with Crippen LogP contribution in [0.4, 0.5) is 0 Å². The van der Waals surface area contributed by atoms with Crippen molar-refractivity contribution >= 4 is 11.9 Å². The van der Waals surface area contributed by atoms with E-state index >= 15 is 0 Å². The van der Waals surface area contributed by atoms with Crippen LogP contribution in [-0.2, 0) is 17.8 Å². The van der Waals surface area contributed by atoms with E-state index in [0.717, 1.165) is 17.7 Å². The SMILES string of the molecule is CN=C(NCCc1cc(C)ccc1OC)NCC(=O)NCc1ccco1. The van der Waals surface area contributed by atoms with Gasteiger partial charge in [0, 0.05) is 13.6 Å². The normalized spacial score (nSPS) is 11.1. The van der Waals surface area contributed by atoms with E-state index in [1.54, 1.807) is 26.5 Å². The van der Waals surface area contributed by atoms with Crippen LogP contribution in [0.5, 0.6) is 5.75 Å². The van der Waals surface area contributed by atoms with Crippen LogP contribution in [-0.4, -0.2) is 39.1 Å². The summed E-state index contributed by atoms with van der Waals surface area (Å²) in [5, 5.41) is 8.96. The first kappa shape index (κ1) is 19.4. The Bertz CT molecular complexity index is 726. The quantitative estimate of drug-likeness (QED) is 0.493. The molecule has 0 radical (unpaired) electrons. The Morgan fingerprint density at radius 2 is 2.08 bits per heavy atom. The molecule has 1 aromatic carbocycles. The average Bonchev–Trinajstić information content (AvgIpc) is 3.16. The van der Waals surface area contributed by atoms with E-state index < -0.39 is 0 Å². The summed E-state index contributed by atoms with van der Waals surface area (Å²) in [6.07, 6.45) is 2.37. The predicted molar refractivity (Wildman–Crippen MR) is 101 cm³/mol. The highest BCUT2D eigenvalue weighted by molar-refractivity contribution is 5.86. The van der Waals surface area contributed by atoms with Gasteiger partial charge in [-0.05, 0) is 37.1 Å². The van der Waals surface area contributed by atoms with Gasteiger partial charge in [-0.25, -0.2) is 0 Å². The van der Waals surface area contributed by atoms with Gasteiger partial charge in [0.05, 0.1) is 26.5 Å². The molecule has 0 spiro atoms. The first-order valence-electron chi connectivity index (χ1n) is 8.49. The molecule has 7 nitrogen and oxygen atoms in total. The van der Waals surface area contributed by atoms with Crippen molar-refractivity contribution in [1.82, 2.24) is 16.0 Å². The molecule has 140 valence electrons. The monoisotopic (exact) mass is 358 g/mol. The van der Waals surface area contributed by atoms with Crippen LogP contribution in [0.1, 0.15) is 16.9 Å². The third-order valence-corrected chi connectivity index (χ3v) is 3.80. The van der Waals surface area contributed by atoms with Crippen molar-refractivity contribution in [2.24, 2.45) is 4.99 Å². The second-order valence-electron chi connectivity index (χ2n) is 5.77. The minimum Gasteiger partial charge on any atom is -0.496 e. The number of guanidine groups is 1. The highest BCUT2D eigenvalue weighted by Gasteiger charge is 2.06. The number of aryl methyl sites for hydroxylation is 1. The summed E-state index contributed by atoms with van der Waals surface area (Å²) in [7, 11) is 3.34. The zero-order chi connectivity index (χ0) is 18.8. The summed E-state index contributed by atoms with van der Waals surface area (Å²) in [4.78, 5) is 16.0. The summed E-state index contributed by atoms with van der Waals surface area (Å²) < 4.78 is 10.6. The molecule has 0 unspecified atom stereocenters. The van der Waals surface area contributed by atoms with Gasteiger partial charge in [-0.3, -0.25) is 9.79 Å². The number of methoxy groups -OCH3 is 1. The molecular formula is C19H26N4O3. The van der Waals surface area contributed by atoms with Crippen LogP contribution < -0.4 is 20.7 Å². The first-order valence-corrected chi connectivity index (χ1v) is 8.49. The number of nitrogens with one attached hydrogen (secondary N) is 3. The Labute approximate surface area is 153 Å². The van der Waals surface area contributed by atoms with Crippen LogP contribution in [0.25, 0.3) is 0 Å². The van der Waals surface area contributed by atoms with Gasteiger partial charge in [0.25, 0.3) is 0 Å². The molecule has 2 aromatic rings. The van der Waals surface area contributed by atoms with Crippen LogP contribution >= 0.6 is 0 Å². The Hall–Kier alpha value is -2.96. The molecule has 0 atom stereocenters. The molecule has 0 bridgehead atoms. The minimum atomic E-state index is -0.135. The van der Waals surface area contributed by atoms with E-state index in [1.807, 2.05) is 18.2 Å². The number of hydrogen-bond donors (Lipinski definition) is 3. The number of amides is 1. The van der Waals surface area contributed by atoms with Crippen molar-refractivity contribution in [1.29, 1.82) is 0 Å². The molecule has 0 fully saturated rings. The maximum atomic E-state index is 11.9. The fourth-order valence-corrected chi connectivity index (χ4v) is 2.46. The minimum absolute atomic E-state index is 0.133. The molecular weight excluding hydrogens is 332 g/mol. The number of carbonyl (C=O) groups is 1. The lowest BCUT2D eigenvalue weighted by Gasteiger charge is -2.13. The van der Waals surface area contributed by atoms with Crippen LogP contribution in [0.3, 0.4) is 0 Å². The number of hydrogen-bond acceptors (Lipinski definition) is 4. The number of benzene rings is 1. The van der Waals surface area contributed by atoms with Crippen molar-refractivity contribution in [2.45, 2.75) is 19.9 Å². The fraction of sp³-hybridized carbons (Fsp3) is 0.368. The predicted octanol–water partition coefficient (Wildman–Crippen LogP) is 1.62. The Morgan fingerprint density at radius 3 is 2.77 bits per heavy atom. The molecule has 26 heavy (non-hydrogen) atoms. The average molecular weight is 358 g/mol. The lowest BCUT2D eigenvalue weighted by atomic mass is 10.1. The third-order valence-electron chi connectivity index (χ3n) is 3.80. The van der Waals surface area contributed by atoms with Crippen molar-refractivity contribution in [2.75, 3.05) is 27.2 Å². The molecule has 7 heteroatoms. The second-order valence-corrected chi connectivity index (χ2v) is 5.77. The van der Waals surface area contributed by atoms with Crippen LogP contribution in [0.15, 0.2) is 46.0 Å². The molecule has 1 amide bonds.